The highest BCUT2D eigenvalue weighted by molar-refractivity contribution is 6.00. The molecule has 48 heavy (non-hydrogen) atoms. The van der Waals surface area contributed by atoms with Crippen molar-refractivity contribution in [3.05, 3.63) is 128 Å². The molecule has 1 heteroatoms. The lowest BCUT2D eigenvalue weighted by Crippen LogP contribution is -2.45. The highest BCUT2D eigenvalue weighted by atomic mass is 16.1. The second kappa shape index (κ2) is 10.3. The summed E-state index contributed by atoms with van der Waals surface area (Å²) < 4.78 is 0. The van der Waals surface area contributed by atoms with Gasteiger partial charge in [0, 0.05) is 22.8 Å². The Bertz CT molecular complexity index is 1930. The molecular formula is C47H56O. The molecule has 1 nitrogen and oxygen atoms in total. The maximum atomic E-state index is 14.1. The van der Waals surface area contributed by atoms with Gasteiger partial charge in [0.05, 0.1) is 0 Å². The summed E-state index contributed by atoms with van der Waals surface area (Å²) in [5.74, 6) is 0.308. The molecule has 1 unspecified atom stereocenters. The first-order chi connectivity index (χ1) is 22.2. The van der Waals surface area contributed by atoms with Crippen LogP contribution in [0.5, 0.6) is 0 Å². The van der Waals surface area contributed by atoms with Crippen molar-refractivity contribution < 1.29 is 4.79 Å². The van der Waals surface area contributed by atoms with E-state index < -0.39 is 0 Å². The highest BCUT2D eigenvalue weighted by Crippen LogP contribution is 2.64. The Morgan fingerprint density at radius 2 is 0.854 bits per heavy atom. The molecule has 4 aromatic rings. The fourth-order valence-electron chi connectivity index (χ4n) is 9.75. The van der Waals surface area contributed by atoms with E-state index in [1.165, 1.54) is 61.2 Å². The van der Waals surface area contributed by atoms with E-state index in [1.54, 1.807) is 0 Å². The van der Waals surface area contributed by atoms with Crippen molar-refractivity contribution in [1.82, 2.24) is 0 Å². The predicted octanol–water partition coefficient (Wildman–Crippen LogP) is 12.2. The van der Waals surface area contributed by atoms with E-state index in [2.05, 4.69) is 156 Å². The van der Waals surface area contributed by atoms with Gasteiger partial charge < -0.3 is 0 Å². The summed E-state index contributed by atoms with van der Waals surface area (Å²) in [6.45, 7) is 28.2. The van der Waals surface area contributed by atoms with E-state index >= 15 is 0 Å². The Morgan fingerprint density at radius 1 is 0.438 bits per heavy atom. The minimum Gasteiger partial charge on any atom is -0.294 e. The van der Waals surface area contributed by atoms with Crippen LogP contribution < -0.4 is 0 Å². The SMILES string of the molecule is CC(C)(C)c1cc2c(cc1C(C)(C)C)C1(CCC2=O)CCC2(c3ccccc3-c3ccccc32)c2cc(C(C)(C)C)c(C(C)(C)C)cc21. The molecule has 0 bridgehead atoms. The van der Waals surface area contributed by atoms with E-state index in [1.807, 2.05) is 0 Å². The molecule has 1 atom stereocenters. The van der Waals surface area contributed by atoms with Gasteiger partial charge in [0.25, 0.3) is 0 Å². The number of Topliss-reactive ketones (excluding diaryl/α,β-unsaturated/α-hetero) is 1. The van der Waals surface area contributed by atoms with Gasteiger partial charge in [-0.15, -0.1) is 0 Å². The van der Waals surface area contributed by atoms with Gasteiger partial charge >= 0.3 is 0 Å². The third kappa shape index (κ3) is 4.66. The summed E-state index contributed by atoms with van der Waals surface area (Å²) in [6, 6.07) is 28.4. The van der Waals surface area contributed by atoms with E-state index in [9.17, 15) is 4.79 Å². The van der Waals surface area contributed by atoms with Crippen molar-refractivity contribution in [3.63, 3.8) is 0 Å². The molecule has 0 N–H and O–H groups in total. The van der Waals surface area contributed by atoms with Gasteiger partial charge in [-0.05, 0) is 108 Å². The molecule has 4 aromatic carbocycles. The van der Waals surface area contributed by atoms with Crippen LogP contribution in [0.2, 0.25) is 0 Å². The summed E-state index contributed by atoms with van der Waals surface area (Å²) in [5.41, 5.74) is 15.7. The van der Waals surface area contributed by atoms with Crippen molar-refractivity contribution in [2.75, 3.05) is 0 Å². The van der Waals surface area contributed by atoms with Gasteiger partial charge in [0.2, 0.25) is 0 Å². The van der Waals surface area contributed by atoms with Crippen molar-refractivity contribution >= 4 is 5.78 Å². The number of benzene rings is 4. The van der Waals surface area contributed by atoms with Crippen LogP contribution in [0.3, 0.4) is 0 Å². The van der Waals surface area contributed by atoms with Crippen LogP contribution in [-0.4, -0.2) is 5.78 Å². The first kappa shape index (κ1) is 33.1. The fourth-order valence-corrected chi connectivity index (χ4v) is 9.75. The van der Waals surface area contributed by atoms with Crippen LogP contribution in [-0.2, 0) is 32.5 Å². The fraction of sp³-hybridized carbons (Fsp3) is 0.468. The number of carbonyl (C=O) groups is 1. The summed E-state index contributed by atoms with van der Waals surface area (Å²) in [7, 11) is 0. The molecule has 0 saturated heterocycles. The van der Waals surface area contributed by atoms with E-state index in [4.69, 9.17) is 0 Å². The van der Waals surface area contributed by atoms with Gasteiger partial charge in [0.15, 0.2) is 5.78 Å². The highest BCUT2D eigenvalue weighted by Gasteiger charge is 2.55. The number of hydrogen-bond acceptors (Lipinski definition) is 1. The molecule has 0 heterocycles. The standard InChI is InChI=1S/C47H56O/c1-42(2,3)35-25-31-34(26-36(35)43(4,5)6)46(22-21-41(31)48)23-24-47(32-19-15-13-17-29(32)30-18-14-16-20-33(30)47)40-28-38(45(10,11)12)37(27-39(40)46)44(7,8)9/h13-20,25-28H,21-24H2,1-12H3. The molecule has 0 radical (unpaired) electrons. The van der Waals surface area contributed by atoms with Crippen molar-refractivity contribution in [2.24, 2.45) is 0 Å². The first-order valence-corrected chi connectivity index (χ1v) is 18.3. The lowest BCUT2D eigenvalue weighted by atomic mass is 9.51. The molecule has 3 aliphatic carbocycles. The van der Waals surface area contributed by atoms with E-state index in [-0.39, 0.29) is 32.5 Å². The quantitative estimate of drug-likeness (QED) is 0.188. The average Bonchev–Trinajstić information content (AvgIpc) is 3.28. The van der Waals surface area contributed by atoms with Crippen molar-refractivity contribution in [1.29, 1.82) is 0 Å². The summed E-state index contributed by atoms with van der Waals surface area (Å²) in [6.07, 6.45) is 3.49. The van der Waals surface area contributed by atoms with Crippen LogP contribution >= 0.6 is 0 Å². The molecule has 0 fully saturated rings. The molecule has 0 aromatic heterocycles. The molecule has 3 aliphatic rings. The number of ketones is 1. The number of fused-ring (bicyclic) bond motifs is 10. The zero-order valence-corrected chi connectivity index (χ0v) is 31.7. The van der Waals surface area contributed by atoms with Crippen molar-refractivity contribution in [2.45, 2.75) is 141 Å². The van der Waals surface area contributed by atoms with E-state index in [0.29, 0.717) is 12.2 Å². The molecule has 250 valence electrons. The minimum atomic E-state index is -0.233. The smallest absolute Gasteiger partial charge is 0.163 e. The van der Waals surface area contributed by atoms with Crippen LogP contribution in [0.25, 0.3) is 11.1 Å². The molecule has 7 rings (SSSR count). The van der Waals surface area contributed by atoms with Crippen LogP contribution in [0.1, 0.15) is 169 Å². The maximum absolute atomic E-state index is 14.1. The van der Waals surface area contributed by atoms with Gasteiger partial charge in [-0.25, -0.2) is 0 Å². The summed E-state index contributed by atoms with van der Waals surface area (Å²) >= 11 is 0. The van der Waals surface area contributed by atoms with Crippen LogP contribution in [0.4, 0.5) is 0 Å². The second-order valence-corrected chi connectivity index (χ2v) is 19.4. The molecule has 0 aliphatic heterocycles. The molecular weight excluding hydrogens is 581 g/mol. The third-order valence-corrected chi connectivity index (χ3v) is 12.1. The van der Waals surface area contributed by atoms with Gasteiger partial charge in [-0.1, -0.05) is 150 Å². The van der Waals surface area contributed by atoms with Gasteiger partial charge in [0.1, 0.15) is 0 Å². The number of carbonyl (C=O) groups excluding carboxylic acids is 1. The lowest BCUT2D eigenvalue weighted by molar-refractivity contribution is 0.0952. The monoisotopic (exact) mass is 636 g/mol. The van der Waals surface area contributed by atoms with Crippen molar-refractivity contribution in [3.8, 4) is 11.1 Å². The van der Waals surface area contributed by atoms with Gasteiger partial charge in [-0.2, -0.15) is 0 Å². The largest absolute Gasteiger partial charge is 0.294 e. The zero-order valence-electron chi connectivity index (χ0n) is 31.7. The summed E-state index contributed by atoms with van der Waals surface area (Å²) in [5, 5.41) is 0. The van der Waals surface area contributed by atoms with Gasteiger partial charge in [-0.3, -0.25) is 4.79 Å². The summed E-state index contributed by atoms with van der Waals surface area (Å²) in [4.78, 5) is 14.1. The molecule has 0 amide bonds. The zero-order chi connectivity index (χ0) is 34.8. The normalized spacial score (nSPS) is 20.0. The Hall–Kier alpha value is -3.45. The van der Waals surface area contributed by atoms with E-state index in [0.717, 1.165) is 24.8 Å². The number of hydrogen-bond donors (Lipinski definition) is 0. The first-order valence-electron chi connectivity index (χ1n) is 18.3. The molecule has 2 spiro atoms. The Kier molecular flexibility index (Phi) is 7.09. The topological polar surface area (TPSA) is 17.1 Å². The Labute approximate surface area is 290 Å². The maximum Gasteiger partial charge on any atom is 0.163 e. The average molecular weight is 637 g/mol. The van der Waals surface area contributed by atoms with Crippen LogP contribution in [0, 0.1) is 0 Å². The lowest BCUT2D eigenvalue weighted by Gasteiger charge is -2.51. The number of rotatable bonds is 0. The predicted molar refractivity (Wildman–Crippen MR) is 203 cm³/mol. The van der Waals surface area contributed by atoms with Crippen LogP contribution in [0.15, 0.2) is 72.8 Å². The Morgan fingerprint density at radius 3 is 1.33 bits per heavy atom. The molecule has 0 saturated carbocycles. The second-order valence-electron chi connectivity index (χ2n) is 19.4. The third-order valence-electron chi connectivity index (χ3n) is 12.1. The Balaban J connectivity index is 1.65. The minimum absolute atomic E-state index is 0.0253.